The van der Waals surface area contributed by atoms with Crippen LogP contribution in [-0.4, -0.2) is 65.2 Å². The van der Waals surface area contributed by atoms with Gasteiger partial charge in [0.15, 0.2) is 23.7 Å². The number of hydrogen-bond donors (Lipinski definition) is 1. The molecule has 3 aromatic rings. The molecule has 1 aromatic heterocycles. The van der Waals surface area contributed by atoms with Crippen LogP contribution in [0.15, 0.2) is 57.9 Å². The SMILES string of the molecule is CCCCCC(=O)Oc1ccc(-c2coc3cc(O[C@@]4(C)O[C@H](C(=O)O)[C@@H](OC(C)=O)[C@H](OC(C)=O)[C@H]4OC(C)=O)ccc3c2=O)cc1. The van der Waals surface area contributed by atoms with E-state index in [1.54, 1.807) is 24.3 Å². The van der Waals surface area contributed by atoms with E-state index in [0.29, 0.717) is 17.7 Å². The highest BCUT2D eigenvalue weighted by Crippen LogP contribution is 2.38. The Morgan fingerprint density at radius 1 is 0.854 bits per heavy atom. The third kappa shape index (κ3) is 8.37. The molecule has 2 aromatic carbocycles. The monoisotopic (exact) mass is 668 g/mol. The average Bonchev–Trinajstić information content (AvgIpc) is 3.00. The Morgan fingerprint density at radius 2 is 1.48 bits per heavy atom. The number of hydrogen-bond acceptors (Lipinski definition) is 13. The van der Waals surface area contributed by atoms with Gasteiger partial charge in [-0.05, 0) is 36.2 Å². The molecule has 1 saturated heterocycles. The van der Waals surface area contributed by atoms with Crippen LogP contribution in [0, 0.1) is 0 Å². The van der Waals surface area contributed by atoms with Crippen molar-refractivity contribution in [2.75, 3.05) is 0 Å². The number of carboxylic acid groups (broad SMARTS) is 1. The second-order valence-electron chi connectivity index (χ2n) is 11.3. The Labute approximate surface area is 274 Å². The summed E-state index contributed by atoms with van der Waals surface area (Å²) >= 11 is 0. The molecule has 48 heavy (non-hydrogen) atoms. The van der Waals surface area contributed by atoms with E-state index in [-0.39, 0.29) is 33.7 Å². The predicted molar refractivity (Wildman–Crippen MR) is 166 cm³/mol. The summed E-state index contributed by atoms with van der Waals surface area (Å²) in [4.78, 5) is 73.7. The molecule has 14 nitrogen and oxygen atoms in total. The maximum absolute atomic E-state index is 13.4. The quantitative estimate of drug-likeness (QED) is 0.124. The fourth-order valence-electron chi connectivity index (χ4n) is 5.31. The van der Waals surface area contributed by atoms with Gasteiger partial charge in [0.25, 0.3) is 0 Å². The molecule has 1 N–H and O–H groups in total. The van der Waals surface area contributed by atoms with Crippen LogP contribution < -0.4 is 14.9 Å². The Balaban J connectivity index is 1.64. The first kappa shape index (κ1) is 35.6. The highest BCUT2D eigenvalue weighted by Gasteiger charge is 2.61. The molecule has 0 spiro atoms. The second-order valence-corrected chi connectivity index (χ2v) is 11.3. The number of ether oxygens (including phenoxy) is 6. The predicted octanol–water partition coefficient (Wildman–Crippen LogP) is 4.32. The van der Waals surface area contributed by atoms with Crippen LogP contribution >= 0.6 is 0 Å². The lowest BCUT2D eigenvalue weighted by atomic mass is 9.92. The van der Waals surface area contributed by atoms with E-state index in [1.165, 1.54) is 31.4 Å². The van der Waals surface area contributed by atoms with Crippen LogP contribution in [0.2, 0.25) is 0 Å². The summed E-state index contributed by atoms with van der Waals surface area (Å²) in [5.74, 6) is -6.34. The first-order valence-electron chi connectivity index (χ1n) is 15.2. The molecule has 0 amide bonds. The Hall–Kier alpha value is -5.24. The zero-order valence-electron chi connectivity index (χ0n) is 27.0. The number of fused-ring (bicyclic) bond motifs is 1. The maximum atomic E-state index is 13.4. The topological polar surface area (TPSA) is 191 Å². The van der Waals surface area contributed by atoms with Crippen LogP contribution in [-0.2, 0) is 42.9 Å². The molecular formula is C34H36O14. The van der Waals surface area contributed by atoms with Crippen molar-refractivity contribution in [1.82, 2.24) is 0 Å². The Bertz CT molecular complexity index is 1740. The molecule has 0 bridgehead atoms. The third-order valence-corrected chi connectivity index (χ3v) is 7.39. The van der Waals surface area contributed by atoms with E-state index in [0.717, 1.165) is 40.0 Å². The molecule has 1 aliphatic heterocycles. The highest BCUT2D eigenvalue weighted by molar-refractivity contribution is 5.83. The minimum absolute atomic E-state index is 0.000178. The van der Waals surface area contributed by atoms with Crippen molar-refractivity contribution in [3.8, 4) is 22.6 Å². The van der Waals surface area contributed by atoms with Crippen molar-refractivity contribution in [2.45, 2.75) is 90.5 Å². The number of benzene rings is 2. The van der Waals surface area contributed by atoms with Crippen LogP contribution in [0.3, 0.4) is 0 Å². The second kappa shape index (κ2) is 15.1. The van der Waals surface area contributed by atoms with Crippen molar-refractivity contribution >= 4 is 40.8 Å². The minimum Gasteiger partial charge on any atom is -0.479 e. The Kier molecular flexibility index (Phi) is 11.2. The molecule has 14 heteroatoms. The number of carbonyl (C=O) groups excluding carboxylic acids is 4. The van der Waals surface area contributed by atoms with E-state index in [1.807, 2.05) is 6.92 Å². The van der Waals surface area contributed by atoms with E-state index in [2.05, 4.69) is 0 Å². The van der Waals surface area contributed by atoms with Crippen LogP contribution in [0.25, 0.3) is 22.1 Å². The number of aliphatic carboxylic acids is 1. The standard InChI is InChI=1S/C34H36O14/c1-6-7-8-9-27(38)46-22-12-10-21(11-13-22)25-17-42-26-16-23(14-15-24(26)28(25)39)47-34(5)32(45-20(4)37)30(44-19(3)36)29(43-18(2)35)31(48-34)33(40)41/h10-17,29-32H,6-9H2,1-5H3,(H,40,41)/t29-,30-,31-,32+,34-/m0/s1. The number of carbonyl (C=O) groups is 5. The fourth-order valence-corrected chi connectivity index (χ4v) is 5.31. The molecule has 1 fully saturated rings. The summed E-state index contributed by atoms with van der Waals surface area (Å²) in [7, 11) is 0. The van der Waals surface area contributed by atoms with E-state index >= 15 is 0 Å². The smallest absolute Gasteiger partial charge is 0.337 e. The lowest BCUT2D eigenvalue weighted by molar-refractivity contribution is -0.326. The van der Waals surface area contributed by atoms with Gasteiger partial charge >= 0.3 is 29.8 Å². The number of unbranched alkanes of at least 4 members (excludes halogenated alkanes) is 2. The average molecular weight is 669 g/mol. The van der Waals surface area contributed by atoms with Gasteiger partial charge in [-0.1, -0.05) is 31.9 Å². The Morgan fingerprint density at radius 3 is 2.08 bits per heavy atom. The van der Waals surface area contributed by atoms with Crippen molar-refractivity contribution in [3.63, 3.8) is 0 Å². The fraction of sp³-hybridized carbons (Fsp3) is 0.412. The van der Waals surface area contributed by atoms with Gasteiger partial charge in [-0.25, -0.2) is 4.79 Å². The number of esters is 4. The van der Waals surface area contributed by atoms with E-state index in [4.69, 9.17) is 32.8 Å². The summed E-state index contributed by atoms with van der Waals surface area (Å²) in [5.41, 5.74) is 0.462. The highest BCUT2D eigenvalue weighted by atomic mass is 16.8. The third-order valence-electron chi connectivity index (χ3n) is 7.39. The van der Waals surface area contributed by atoms with Gasteiger partial charge in [0.2, 0.25) is 11.9 Å². The van der Waals surface area contributed by atoms with Crippen LogP contribution in [0.1, 0.15) is 60.3 Å². The van der Waals surface area contributed by atoms with Crippen molar-refractivity contribution in [3.05, 3.63) is 59.0 Å². The number of carboxylic acids is 1. The van der Waals surface area contributed by atoms with Crippen molar-refractivity contribution < 1.29 is 61.9 Å². The van der Waals surface area contributed by atoms with E-state index in [9.17, 15) is 33.9 Å². The minimum atomic E-state index is -2.12. The maximum Gasteiger partial charge on any atom is 0.337 e. The van der Waals surface area contributed by atoms with E-state index < -0.39 is 54.1 Å². The van der Waals surface area contributed by atoms with Crippen LogP contribution in [0.4, 0.5) is 0 Å². The van der Waals surface area contributed by atoms with Gasteiger partial charge in [-0.3, -0.25) is 24.0 Å². The lowest BCUT2D eigenvalue weighted by Gasteiger charge is -2.48. The molecular weight excluding hydrogens is 632 g/mol. The van der Waals surface area contributed by atoms with Gasteiger partial charge in [0.05, 0.1) is 10.9 Å². The van der Waals surface area contributed by atoms with Crippen molar-refractivity contribution in [1.29, 1.82) is 0 Å². The first-order valence-corrected chi connectivity index (χ1v) is 15.2. The van der Waals surface area contributed by atoms with Gasteiger partial charge in [0, 0.05) is 40.2 Å². The molecule has 2 heterocycles. The van der Waals surface area contributed by atoms with Gasteiger partial charge < -0.3 is 37.9 Å². The summed E-state index contributed by atoms with van der Waals surface area (Å²) in [6.45, 7) is 6.42. The van der Waals surface area contributed by atoms with Crippen molar-refractivity contribution in [2.24, 2.45) is 0 Å². The lowest BCUT2D eigenvalue weighted by Crippen LogP contribution is -2.69. The zero-order valence-corrected chi connectivity index (χ0v) is 27.0. The molecule has 4 rings (SSSR count). The normalized spacial score (nSPS) is 21.9. The molecule has 5 atom stereocenters. The van der Waals surface area contributed by atoms with Gasteiger partial charge in [-0.15, -0.1) is 0 Å². The molecule has 1 aliphatic rings. The summed E-state index contributed by atoms with van der Waals surface area (Å²) in [6.07, 6.45) is -2.66. The van der Waals surface area contributed by atoms with Gasteiger partial charge in [-0.2, -0.15) is 0 Å². The molecule has 256 valence electrons. The summed E-state index contributed by atoms with van der Waals surface area (Å²) in [5, 5.41) is 10.1. The van der Waals surface area contributed by atoms with Gasteiger partial charge in [0.1, 0.15) is 23.3 Å². The molecule has 0 saturated carbocycles. The van der Waals surface area contributed by atoms with Crippen LogP contribution in [0.5, 0.6) is 11.5 Å². The number of rotatable bonds is 12. The molecule has 0 aliphatic carbocycles. The summed E-state index contributed by atoms with van der Waals surface area (Å²) in [6, 6.07) is 10.6. The largest absolute Gasteiger partial charge is 0.479 e. The first-order chi connectivity index (χ1) is 22.7. The molecule has 0 radical (unpaired) electrons. The summed E-state index contributed by atoms with van der Waals surface area (Å²) < 4.78 is 38.8. The zero-order chi connectivity index (χ0) is 35.2. The molecule has 0 unspecified atom stereocenters.